The smallest absolute Gasteiger partial charge is 0.304 e. The number of pyridine rings is 2. The van der Waals surface area contributed by atoms with Gasteiger partial charge in [-0.05, 0) is 73.2 Å². The van der Waals surface area contributed by atoms with Crippen molar-refractivity contribution in [1.29, 1.82) is 0 Å². The largest absolute Gasteiger partial charge is 0.481 e. The van der Waals surface area contributed by atoms with E-state index in [1.54, 1.807) is 35.7 Å². The van der Waals surface area contributed by atoms with E-state index in [9.17, 15) is 19.8 Å². The van der Waals surface area contributed by atoms with Crippen LogP contribution in [0.5, 0.6) is 0 Å². The highest BCUT2D eigenvalue weighted by Crippen LogP contribution is 2.50. The van der Waals surface area contributed by atoms with E-state index in [1.165, 1.54) is 0 Å². The molecule has 0 spiro atoms. The Hall–Kier alpha value is -3.38. The Morgan fingerprint density at radius 2 is 1.05 bits per heavy atom. The molecule has 0 saturated heterocycles. The molecular formula is C42H40Cl4N4O4S2. The van der Waals surface area contributed by atoms with Gasteiger partial charge in [0.1, 0.15) is 0 Å². The summed E-state index contributed by atoms with van der Waals surface area (Å²) in [6, 6.07) is 15.3. The Labute approximate surface area is 353 Å². The van der Waals surface area contributed by atoms with E-state index in [2.05, 4.69) is 46.8 Å². The topological polar surface area (TPSA) is 110 Å². The maximum Gasteiger partial charge on any atom is 0.304 e. The number of hydrogen-bond donors (Lipinski definition) is 2. The first-order chi connectivity index (χ1) is 26.7. The van der Waals surface area contributed by atoms with Gasteiger partial charge in [-0.25, -0.2) is 0 Å². The summed E-state index contributed by atoms with van der Waals surface area (Å²) in [6.07, 6.45) is 5.65. The molecule has 2 atom stereocenters. The van der Waals surface area contributed by atoms with Gasteiger partial charge in [-0.15, -0.1) is 0 Å². The summed E-state index contributed by atoms with van der Waals surface area (Å²) in [5.41, 5.74) is 6.53. The number of carboxylic acids is 2. The number of nitrogens with zero attached hydrogens (tertiary/aromatic N) is 4. The maximum atomic E-state index is 11.4. The van der Waals surface area contributed by atoms with E-state index in [1.807, 2.05) is 48.8 Å². The van der Waals surface area contributed by atoms with Gasteiger partial charge in [-0.3, -0.25) is 19.6 Å². The molecule has 0 fully saturated rings. The number of aromatic nitrogens is 4. The molecule has 2 aromatic carbocycles. The lowest BCUT2D eigenvalue weighted by Gasteiger charge is -2.13. The van der Waals surface area contributed by atoms with Crippen LogP contribution < -0.4 is 0 Å². The number of halogens is 4. The highest BCUT2D eigenvalue weighted by molar-refractivity contribution is 8.00. The molecule has 292 valence electrons. The molecule has 8 rings (SSSR count). The van der Waals surface area contributed by atoms with E-state index in [0.29, 0.717) is 20.1 Å². The summed E-state index contributed by atoms with van der Waals surface area (Å²) < 4.78 is 4.55. The van der Waals surface area contributed by atoms with Gasteiger partial charge in [0.05, 0.1) is 55.4 Å². The first-order valence-electron chi connectivity index (χ1n) is 18.4. The SMILES string of the molecule is CC(C)c1nccc2c1c(Sc1ccc(Cl)c(Cl)c1)c1n2CCC1CC(=O)O.CC(C)c1nccc2c1c(Sc1ccc(Cl)c(Cl)c1)c1n2CCC1CC(=O)O. The van der Waals surface area contributed by atoms with Crippen LogP contribution in [0, 0.1) is 0 Å². The fourth-order valence-corrected chi connectivity index (χ4v) is 11.2. The second-order valence-electron chi connectivity index (χ2n) is 14.7. The van der Waals surface area contributed by atoms with E-state index in [0.717, 1.165) is 90.1 Å². The van der Waals surface area contributed by atoms with Crippen LogP contribution in [0.4, 0.5) is 0 Å². The molecule has 6 heterocycles. The zero-order valence-electron chi connectivity index (χ0n) is 31.2. The Morgan fingerprint density at radius 1 is 0.661 bits per heavy atom. The zero-order chi connectivity index (χ0) is 40.0. The second-order valence-corrected chi connectivity index (χ2v) is 18.5. The molecule has 0 amide bonds. The lowest BCUT2D eigenvalue weighted by atomic mass is 9.99. The number of carboxylic acid groups (broad SMARTS) is 2. The van der Waals surface area contributed by atoms with E-state index >= 15 is 0 Å². The molecule has 14 heteroatoms. The third-order valence-electron chi connectivity index (χ3n) is 10.3. The molecular weight excluding hydrogens is 830 g/mol. The van der Waals surface area contributed by atoms with Gasteiger partial charge in [0.25, 0.3) is 0 Å². The number of aryl methyl sites for hydroxylation is 2. The summed E-state index contributed by atoms with van der Waals surface area (Å²) in [5.74, 6) is -1.02. The number of benzene rings is 2. The molecule has 0 bridgehead atoms. The summed E-state index contributed by atoms with van der Waals surface area (Å²) >= 11 is 27.8. The second kappa shape index (κ2) is 16.8. The number of carbonyl (C=O) groups is 2. The van der Waals surface area contributed by atoms with Gasteiger partial charge in [-0.1, -0.05) is 97.6 Å². The van der Waals surface area contributed by atoms with Crippen LogP contribution in [0.2, 0.25) is 20.1 Å². The van der Waals surface area contributed by atoms with Gasteiger partial charge in [0.2, 0.25) is 0 Å². The monoisotopic (exact) mass is 868 g/mol. The van der Waals surface area contributed by atoms with Crippen LogP contribution in [-0.4, -0.2) is 41.3 Å². The van der Waals surface area contributed by atoms with Crippen molar-refractivity contribution < 1.29 is 19.8 Å². The van der Waals surface area contributed by atoms with Crippen LogP contribution in [0.25, 0.3) is 21.8 Å². The van der Waals surface area contributed by atoms with Gasteiger partial charge in [0, 0.05) is 79.1 Å². The number of hydrogen-bond acceptors (Lipinski definition) is 6. The lowest BCUT2D eigenvalue weighted by molar-refractivity contribution is -0.138. The zero-order valence-corrected chi connectivity index (χ0v) is 35.8. The van der Waals surface area contributed by atoms with Gasteiger partial charge in [0.15, 0.2) is 0 Å². The Kier molecular flexibility index (Phi) is 12.3. The number of fused-ring (bicyclic) bond motifs is 6. The molecule has 6 aromatic rings. The standard InChI is InChI=1S/2C21H20Cl2N2O2S/c2*1-11(2)19-18-16(5-7-24-19)25-8-6-12(9-17(26)27)20(25)21(18)28-13-3-4-14(22)15(23)10-13/h2*3-5,7,10-12H,6,8-9H2,1-2H3,(H,26,27). The molecule has 0 saturated carbocycles. The van der Waals surface area contributed by atoms with Gasteiger partial charge >= 0.3 is 11.9 Å². The minimum absolute atomic E-state index is 0.00446. The van der Waals surface area contributed by atoms with Crippen LogP contribution >= 0.6 is 69.9 Å². The molecule has 0 radical (unpaired) electrons. The van der Waals surface area contributed by atoms with Crippen molar-refractivity contribution in [2.75, 3.05) is 0 Å². The molecule has 2 aliphatic heterocycles. The van der Waals surface area contributed by atoms with Crippen molar-refractivity contribution in [2.45, 2.75) is 110 Å². The minimum atomic E-state index is -0.767. The minimum Gasteiger partial charge on any atom is -0.481 e. The van der Waals surface area contributed by atoms with Crippen molar-refractivity contribution in [3.63, 3.8) is 0 Å². The summed E-state index contributed by atoms with van der Waals surface area (Å²) in [5, 5.41) is 23.1. The lowest BCUT2D eigenvalue weighted by Crippen LogP contribution is -2.04. The van der Waals surface area contributed by atoms with Gasteiger partial charge in [-0.2, -0.15) is 0 Å². The Bertz CT molecular complexity index is 2330. The summed E-state index contributed by atoms with van der Waals surface area (Å²) in [7, 11) is 0. The summed E-state index contributed by atoms with van der Waals surface area (Å²) in [4.78, 5) is 36.3. The van der Waals surface area contributed by atoms with Crippen molar-refractivity contribution in [3.05, 3.63) is 104 Å². The van der Waals surface area contributed by atoms with Crippen LogP contribution in [0.15, 0.2) is 80.5 Å². The quantitative estimate of drug-likeness (QED) is 0.140. The van der Waals surface area contributed by atoms with E-state index in [-0.39, 0.29) is 36.5 Å². The molecule has 2 aliphatic rings. The maximum absolute atomic E-state index is 11.4. The van der Waals surface area contributed by atoms with Crippen molar-refractivity contribution in [2.24, 2.45) is 0 Å². The van der Waals surface area contributed by atoms with Crippen LogP contribution in [0.3, 0.4) is 0 Å². The predicted octanol–water partition coefficient (Wildman–Crippen LogP) is 13.2. The molecule has 4 aromatic heterocycles. The molecule has 56 heavy (non-hydrogen) atoms. The Morgan fingerprint density at radius 3 is 1.39 bits per heavy atom. The first kappa shape index (κ1) is 40.8. The molecule has 0 aliphatic carbocycles. The molecule has 2 N–H and O–H groups in total. The highest BCUT2D eigenvalue weighted by atomic mass is 35.5. The van der Waals surface area contributed by atoms with Crippen molar-refractivity contribution in [1.82, 2.24) is 19.1 Å². The summed E-state index contributed by atoms with van der Waals surface area (Å²) in [6.45, 7) is 10.2. The normalized spacial score (nSPS) is 16.1. The molecule has 8 nitrogen and oxygen atoms in total. The third-order valence-corrected chi connectivity index (χ3v) is 14.0. The average molecular weight is 871 g/mol. The third kappa shape index (κ3) is 8.03. The highest BCUT2D eigenvalue weighted by Gasteiger charge is 2.34. The predicted molar refractivity (Wildman–Crippen MR) is 228 cm³/mol. The van der Waals surface area contributed by atoms with Gasteiger partial charge < -0.3 is 19.3 Å². The van der Waals surface area contributed by atoms with Crippen LogP contribution in [-0.2, 0) is 22.7 Å². The van der Waals surface area contributed by atoms with E-state index in [4.69, 9.17) is 46.4 Å². The average Bonchev–Trinajstić information content (AvgIpc) is 3.90. The fourth-order valence-electron chi connectivity index (χ4n) is 7.96. The van der Waals surface area contributed by atoms with Crippen molar-refractivity contribution >= 4 is 104 Å². The molecule has 2 unspecified atom stereocenters. The first-order valence-corrected chi connectivity index (χ1v) is 21.6. The van der Waals surface area contributed by atoms with Crippen molar-refractivity contribution in [3.8, 4) is 0 Å². The fraction of sp³-hybridized carbons (Fsp3) is 0.333. The number of rotatable bonds is 10. The number of aliphatic carboxylic acids is 2. The van der Waals surface area contributed by atoms with E-state index < -0.39 is 11.9 Å². The van der Waals surface area contributed by atoms with Crippen LogP contribution in [0.1, 0.15) is 99.8 Å². The Balaban J connectivity index is 0.000000172.